The summed E-state index contributed by atoms with van der Waals surface area (Å²) < 4.78 is 37.0. The summed E-state index contributed by atoms with van der Waals surface area (Å²) in [6.07, 6.45) is 1.23. The van der Waals surface area contributed by atoms with Crippen LogP contribution in [0.25, 0.3) is 0 Å². The highest BCUT2D eigenvalue weighted by atomic mass is 19.1. The first-order valence-corrected chi connectivity index (χ1v) is 5.26. The standard InChI is InChI=1S/C12H14F2O2/c1-15-12(2-4-16-5-3-12)9-6-10(13)8-11(14)7-9/h6-8H,2-5H2,1H3. The third kappa shape index (κ3) is 2.08. The first-order valence-electron chi connectivity index (χ1n) is 5.26. The largest absolute Gasteiger partial charge is 0.381 e. The summed E-state index contributed by atoms with van der Waals surface area (Å²) in [4.78, 5) is 0. The van der Waals surface area contributed by atoms with Crippen LogP contribution in [0.5, 0.6) is 0 Å². The number of methoxy groups -OCH3 is 1. The van der Waals surface area contributed by atoms with Crippen molar-refractivity contribution in [1.82, 2.24) is 0 Å². The molecule has 0 amide bonds. The molecule has 1 aliphatic heterocycles. The van der Waals surface area contributed by atoms with Crippen LogP contribution >= 0.6 is 0 Å². The molecule has 0 aliphatic carbocycles. The van der Waals surface area contributed by atoms with Crippen molar-refractivity contribution in [2.45, 2.75) is 18.4 Å². The Labute approximate surface area is 93.2 Å². The average Bonchev–Trinajstić information content (AvgIpc) is 2.28. The highest BCUT2D eigenvalue weighted by molar-refractivity contribution is 5.25. The number of rotatable bonds is 2. The summed E-state index contributed by atoms with van der Waals surface area (Å²) in [7, 11) is 1.56. The van der Waals surface area contributed by atoms with E-state index < -0.39 is 17.2 Å². The van der Waals surface area contributed by atoms with E-state index in [-0.39, 0.29) is 0 Å². The molecule has 1 aromatic carbocycles. The second-order valence-electron chi connectivity index (χ2n) is 3.97. The van der Waals surface area contributed by atoms with E-state index in [1.807, 2.05) is 0 Å². The van der Waals surface area contributed by atoms with Crippen LogP contribution in [0.1, 0.15) is 18.4 Å². The molecule has 16 heavy (non-hydrogen) atoms. The van der Waals surface area contributed by atoms with Crippen LogP contribution in [0.4, 0.5) is 8.78 Å². The number of hydrogen-bond donors (Lipinski definition) is 0. The van der Waals surface area contributed by atoms with Crippen molar-refractivity contribution < 1.29 is 18.3 Å². The van der Waals surface area contributed by atoms with Gasteiger partial charge in [0.1, 0.15) is 11.6 Å². The first kappa shape index (κ1) is 11.5. The van der Waals surface area contributed by atoms with E-state index in [2.05, 4.69) is 0 Å². The molecule has 1 aromatic rings. The van der Waals surface area contributed by atoms with Crippen LogP contribution in [0, 0.1) is 11.6 Å². The number of halogens is 2. The van der Waals surface area contributed by atoms with Gasteiger partial charge in [-0.25, -0.2) is 8.78 Å². The highest BCUT2D eigenvalue weighted by Crippen LogP contribution is 2.35. The molecular formula is C12H14F2O2. The van der Waals surface area contributed by atoms with E-state index in [4.69, 9.17) is 9.47 Å². The van der Waals surface area contributed by atoms with Crippen LogP contribution in [0.2, 0.25) is 0 Å². The van der Waals surface area contributed by atoms with Crippen molar-refractivity contribution in [2.24, 2.45) is 0 Å². The lowest BCUT2D eigenvalue weighted by Crippen LogP contribution is -2.35. The molecule has 1 heterocycles. The monoisotopic (exact) mass is 228 g/mol. The maximum absolute atomic E-state index is 13.2. The average molecular weight is 228 g/mol. The maximum Gasteiger partial charge on any atom is 0.126 e. The summed E-state index contributed by atoms with van der Waals surface area (Å²) in [6.45, 7) is 1.10. The molecule has 4 heteroatoms. The van der Waals surface area contributed by atoms with Crippen molar-refractivity contribution in [1.29, 1.82) is 0 Å². The Hall–Kier alpha value is -1.00. The first-order chi connectivity index (χ1) is 7.66. The Morgan fingerprint density at radius 1 is 1.12 bits per heavy atom. The van der Waals surface area contributed by atoms with Gasteiger partial charge in [-0.3, -0.25) is 0 Å². The topological polar surface area (TPSA) is 18.5 Å². The summed E-state index contributed by atoms with van der Waals surface area (Å²) in [5.41, 5.74) is -0.0583. The van der Waals surface area contributed by atoms with E-state index in [1.54, 1.807) is 7.11 Å². The fourth-order valence-electron chi connectivity index (χ4n) is 2.13. The zero-order valence-corrected chi connectivity index (χ0v) is 9.13. The van der Waals surface area contributed by atoms with E-state index in [9.17, 15) is 8.78 Å². The Balaban J connectivity index is 2.38. The van der Waals surface area contributed by atoms with Gasteiger partial charge >= 0.3 is 0 Å². The highest BCUT2D eigenvalue weighted by Gasteiger charge is 2.35. The summed E-state index contributed by atoms with van der Waals surface area (Å²) in [5, 5.41) is 0. The molecule has 1 saturated heterocycles. The molecule has 2 rings (SSSR count). The predicted octanol–water partition coefficient (Wildman–Crippen LogP) is 2.62. The second-order valence-corrected chi connectivity index (χ2v) is 3.97. The van der Waals surface area contributed by atoms with Gasteiger partial charge in [-0.2, -0.15) is 0 Å². The minimum absolute atomic E-state index is 0.548. The molecule has 0 radical (unpaired) electrons. The molecule has 0 unspecified atom stereocenters. The third-order valence-electron chi connectivity index (χ3n) is 3.08. The minimum Gasteiger partial charge on any atom is -0.381 e. The third-order valence-corrected chi connectivity index (χ3v) is 3.08. The second kappa shape index (κ2) is 4.47. The molecule has 0 N–H and O–H groups in total. The van der Waals surface area contributed by atoms with Crippen LogP contribution in [-0.2, 0) is 15.1 Å². The van der Waals surface area contributed by atoms with Crippen molar-refractivity contribution in [3.05, 3.63) is 35.4 Å². The Morgan fingerprint density at radius 2 is 1.69 bits per heavy atom. The predicted molar refractivity (Wildman–Crippen MR) is 55.1 cm³/mol. The van der Waals surface area contributed by atoms with Crippen molar-refractivity contribution in [3.63, 3.8) is 0 Å². The van der Waals surface area contributed by atoms with Gasteiger partial charge < -0.3 is 9.47 Å². The van der Waals surface area contributed by atoms with Gasteiger partial charge in [0.15, 0.2) is 0 Å². The lowest BCUT2D eigenvalue weighted by atomic mass is 9.86. The van der Waals surface area contributed by atoms with Crippen molar-refractivity contribution >= 4 is 0 Å². The molecule has 0 bridgehead atoms. The molecular weight excluding hydrogens is 214 g/mol. The van der Waals surface area contributed by atoms with Gasteiger partial charge in [0.2, 0.25) is 0 Å². The Kier molecular flexibility index (Phi) is 3.21. The van der Waals surface area contributed by atoms with Crippen LogP contribution < -0.4 is 0 Å². The maximum atomic E-state index is 13.2. The molecule has 0 aromatic heterocycles. The van der Waals surface area contributed by atoms with E-state index in [1.165, 1.54) is 12.1 Å². The summed E-state index contributed by atoms with van der Waals surface area (Å²) in [6, 6.07) is 3.53. The van der Waals surface area contributed by atoms with Crippen LogP contribution in [-0.4, -0.2) is 20.3 Å². The quantitative estimate of drug-likeness (QED) is 0.774. The number of benzene rings is 1. The van der Waals surface area contributed by atoms with Gasteiger partial charge in [0.25, 0.3) is 0 Å². The fourth-order valence-corrected chi connectivity index (χ4v) is 2.13. The molecule has 88 valence electrons. The van der Waals surface area contributed by atoms with E-state index >= 15 is 0 Å². The summed E-state index contributed by atoms with van der Waals surface area (Å²) >= 11 is 0. The molecule has 1 aliphatic rings. The fraction of sp³-hybridized carbons (Fsp3) is 0.500. The summed E-state index contributed by atoms with van der Waals surface area (Å²) in [5.74, 6) is -1.14. The molecule has 0 atom stereocenters. The van der Waals surface area contributed by atoms with Gasteiger partial charge in [-0.15, -0.1) is 0 Å². The van der Waals surface area contributed by atoms with Crippen molar-refractivity contribution in [3.8, 4) is 0 Å². The molecule has 0 spiro atoms. The Bertz CT molecular complexity index is 353. The molecule has 2 nitrogen and oxygen atoms in total. The number of ether oxygens (including phenoxy) is 2. The van der Waals surface area contributed by atoms with Gasteiger partial charge in [0, 0.05) is 39.2 Å². The zero-order valence-electron chi connectivity index (χ0n) is 9.13. The van der Waals surface area contributed by atoms with E-state index in [0.717, 1.165) is 6.07 Å². The number of hydrogen-bond acceptors (Lipinski definition) is 2. The minimum atomic E-state index is -0.610. The van der Waals surface area contributed by atoms with E-state index in [0.29, 0.717) is 31.6 Å². The zero-order chi connectivity index (χ0) is 11.6. The lowest BCUT2D eigenvalue weighted by Gasteiger charge is -2.36. The smallest absolute Gasteiger partial charge is 0.126 e. The molecule has 0 saturated carbocycles. The van der Waals surface area contributed by atoms with Crippen LogP contribution in [0.3, 0.4) is 0 Å². The van der Waals surface area contributed by atoms with Gasteiger partial charge in [0.05, 0.1) is 5.60 Å². The van der Waals surface area contributed by atoms with Crippen molar-refractivity contribution in [2.75, 3.05) is 20.3 Å². The Morgan fingerprint density at radius 3 is 2.19 bits per heavy atom. The molecule has 1 fully saturated rings. The SMILES string of the molecule is COC1(c2cc(F)cc(F)c2)CCOCC1. The lowest BCUT2D eigenvalue weighted by molar-refractivity contribution is -0.0950. The van der Waals surface area contributed by atoms with Gasteiger partial charge in [-0.05, 0) is 17.7 Å². The van der Waals surface area contributed by atoms with Crippen LogP contribution in [0.15, 0.2) is 18.2 Å². The normalized spacial score (nSPS) is 19.7. The van der Waals surface area contributed by atoms with Gasteiger partial charge in [-0.1, -0.05) is 0 Å².